The molecule has 0 saturated heterocycles. The number of rotatable bonds is 13. The fraction of sp³-hybridized carbons (Fsp3) is 0.513. The van der Waals surface area contributed by atoms with Crippen molar-refractivity contribution < 1.29 is 19.3 Å². The highest BCUT2D eigenvalue weighted by Gasteiger charge is 2.34. The Labute approximate surface area is 287 Å². The molecule has 1 heterocycles. The molecule has 0 bridgehead atoms. The van der Waals surface area contributed by atoms with Gasteiger partial charge in [-0.25, -0.2) is 9.37 Å². The van der Waals surface area contributed by atoms with E-state index in [-0.39, 0.29) is 24.1 Å². The van der Waals surface area contributed by atoms with Crippen molar-refractivity contribution in [3.63, 3.8) is 0 Å². The number of nitrogens with one attached hydrogen (secondary N) is 1. The third-order valence-corrected chi connectivity index (χ3v) is 8.62. The summed E-state index contributed by atoms with van der Waals surface area (Å²) in [5, 5.41) is 5.11. The molecule has 0 saturated carbocycles. The van der Waals surface area contributed by atoms with E-state index in [1.165, 1.54) is 12.8 Å². The van der Waals surface area contributed by atoms with E-state index in [0.29, 0.717) is 30.2 Å². The molecule has 8 nitrogen and oxygen atoms in total. The van der Waals surface area contributed by atoms with Crippen molar-refractivity contribution in [3.8, 4) is 5.75 Å². The zero-order valence-electron chi connectivity index (χ0n) is 31.1. The smallest absolute Gasteiger partial charge is 0.225 e. The van der Waals surface area contributed by atoms with Gasteiger partial charge < -0.3 is 25.2 Å². The summed E-state index contributed by atoms with van der Waals surface area (Å²) in [4.78, 5) is 17.7. The molecule has 1 atom stereocenters. The van der Waals surface area contributed by atoms with Gasteiger partial charge in [0, 0.05) is 43.9 Å². The summed E-state index contributed by atoms with van der Waals surface area (Å²) in [6.07, 6.45) is 6.18. The summed E-state index contributed by atoms with van der Waals surface area (Å²) in [7, 11) is 1.60. The quantitative estimate of drug-likeness (QED) is 0.183. The van der Waals surface area contributed by atoms with Gasteiger partial charge in [0.2, 0.25) is 5.95 Å². The van der Waals surface area contributed by atoms with Gasteiger partial charge in [0.05, 0.1) is 17.0 Å². The maximum Gasteiger partial charge on any atom is 0.225 e. The molecule has 0 aliphatic heterocycles. The number of methoxy groups -OCH3 is 1. The third-order valence-electron chi connectivity index (χ3n) is 8.62. The highest BCUT2D eigenvalue weighted by molar-refractivity contribution is 6.51. The number of aryl methyl sites for hydroxylation is 1. The van der Waals surface area contributed by atoms with Gasteiger partial charge in [-0.3, -0.25) is 4.99 Å². The van der Waals surface area contributed by atoms with Crippen molar-refractivity contribution in [1.82, 2.24) is 9.97 Å². The lowest BCUT2D eigenvalue weighted by molar-refractivity contribution is 0.0512. The highest BCUT2D eigenvalue weighted by atomic mass is 19.1. The molecule has 1 aromatic heterocycles. The molecule has 0 spiro atoms. The number of nitrogens with zero attached hydrogens (tertiary/aromatic N) is 4. The lowest BCUT2D eigenvalue weighted by Gasteiger charge is -2.32. The van der Waals surface area contributed by atoms with Crippen LogP contribution in [0.1, 0.15) is 111 Å². The lowest BCUT2D eigenvalue weighted by atomic mass is 9.78. The Morgan fingerprint density at radius 3 is 2.25 bits per heavy atom. The largest absolute Gasteiger partial charge is 0.468 e. The number of allylic oxidation sites excluding steroid dienone is 4. The number of ether oxygens (including phenoxy) is 2. The molecule has 3 aromatic rings. The SMILES string of the molecule is C/C=C1\C(=NC(C)CC)C(c2cc(OCOC)cc3ccc(F)c(CC)c23)=C(C)c2nc(NCC)nc(N(CC)CC)c21.CCCC.O. The second-order valence-corrected chi connectivity index (χ2v) is 11.7. The average molecular weight is 664 g/mol. The summed E-state index contributed by atoms with van der Waals surface area (Å²) in [6, 6.07) is 7.39. The second kappa shape index (κ2) is 19.2. The summed E-state index contributed by atoms with van der Waals surface area (Å²) in [5.74, 6) is 1.90. The molecule has 4 rings (SSSR count). The van der Waals surface area contributed by atoms with Crippen LogP contribution in [0.15, 0.2) is 35.3 Å². The normalized spacial score (nSPS) is 14.8. The van der Waals surface area contributed by atoms with E-state index < -0.39 is 0 Å². The number of anilines is 2. The van der Waals surface area contributed by atoms with Crippen molar-refractivity contribution >= 4 is 45.0 Å². The van der Waals surface area contributed by atoms with Crippen LogP contribution in [0.5, 0.6) is 5.75 Å². The third kappa shape index (κ3) is 8.60. The number of hydrogen-bond acceptors (Lipinski definition) is 7. The lowest BCUT2D eigenvalue weighted by Crippen LogP contribution is -2.28. The summed E-state index contributed by atoms with van der Waals surface area (Å²) < 4.78 is 26.6. The Balaban J connectivity index is 0.00000151. The van der Waals surface area contributed by atoms with Gasteiger partial charge in [0.25, 0.3) is 0 Å². The maximum absolute atomic E-state index is 15.4. The number of halogens is 1. The van der Waals surface area contributed by atoms with E-state index in [1.807, 2.05) is 39.0 Å². The van der Waals surface area contributed by atoms with Crippen LogP contribution in [0, 0.1) is 5.82 Å². The minimum absolute atomic E-state index is 0. The van der Waals surface area contributed by atoms with Gasteiger partial charge in [0.1, 0.15) is 17.4 Å². The fourth-order valence-corrected chi connectivity index (χ4v) is 5.80. The molecule has 1 unspecified atom stereocenters. The van der Waals surface area contributed by atoms with Gasteiger partial charge >= 0.3 is 0 Å². The first-order valence-electron chi connectivity index (χ1n) is 17.4. The monoisotopic (exact) mass is 663 g/mol. The molecule has 0 fully saturated rings. The Morgan fingerprint density at radius 2 is 1.71 bits per heavy atom. The van der Waals surface area contributed by atoms with E-state index >= 15 is 4.39 Å². The molecule has 264 valence electrons. The average Bonchev–Trinajstić information content (AvgIpc) is 3.08. The molecule has 0 radical (unpaired) electrons. The molecule has 48 heavy (non-hydrogen) atoms. The minimum atomic E-state index is -0.219. The molecule has 2 aromatic carbocycles. The zero-order chi connectivity index (χ0) is 34.7. The zero-order valence-corrected chi connectivity index (χ0v) is 31.1. The number of benzene rings is 2. The maximum atomic E-state index is 15.4. The first-order valence-corrected chi connectivity index (χ1v) is 17.4. The van der Waals surface area contributed by atoms with Crippen LogP contribution in [0.4, 0.5) is 16.2 Å². The molecule has 9 heteroatoms. The number of aliphatic imine (C=N–C) groups is 1. The van der Waals surface area contributed by atoms with E-state index in [2.05, 4.69) is 64.8 Å². The molecule has 1 aliphatic carbocycles. The Bertz CT molecular complexity index is 1610. The van der Waals surface area contributed by atoms with Gasteiger partial charge in [0.15, 0.2) is 6.79 Å². The number of hydrogen-bond donors (Lipinski definition) is 1. The minimum Gasteiger partial charge on any atom is -0.468 e. The summed E-state index contributed by atoms with van der Waals surface area (Å²) >= 11 is 0. The first kappa shape index (κ1) is 40.4. The first-order chi connectivity index (χ1) is 22.7. The van der Waals surface area contributed by atoms with Crippen LogP contribution < -0.4 is 15.0 Å². The second-order valence-electron chi connectivity index (χ2n) is 11.7. The predicted octanol–water partition coefficient (Wildman–Crippen LogP) is 9.16. The van der Waals surface area contributed by atoms with Gasteiger partial charge in [-0.15, -0.1) is 0 Å². The highest BCUT2D eigenvalue weighted by Crippen LogP contribution is 2.47. The van der Waals surface area contributed by atoms with Crippen LogP contribution in [0.2, 0.25) is 0 Å². The van der Waals surface area contributed by atoms with Crippen LogP contribution in [0.3, 0.4) is 0 Å². The number of unbranched alkanes of at least 4 members (excludes halogenated alkanes) is 1. The summed E-state index contributed by atoms with van der Waals surface area (Å²) in [5.41, 5.74) is 7.12. The van der Waals surface area contributed by atoms with Crippen molar-refractivity contribution in [2.75, 3.05) is 43.8 Å². The van der Waals surface area contributed by atoms with Crippen LogP contribution >= 0.6 is 0 Å². The number of fused-ring (bicyclic) bond motifs is 2. The van der Waals surface area contributed by atoms with Gasteiger partial charge in [-0.2, -0.15) is 4.98 Å². The van der Waals surface area contributed by atoms with Crippen molar-refractivity contribution in [2.24, 2.45) is 4.99 Å². The van der Waals surface area contributed by atoms with Crippen LogP contribution in [-0.4, -0.2) is 60.7 Å². The molecule has 0 amide bonds. The predicted molar refractivity (Wildman–Crippen MR) is 203 cm³/mol. The van der Waals surface area contributed by atoms with E-state index in [4.69, 9.17) is 24.4 Å². The standard InChI is InChI=1S/C35H46FN5O2.C4H10.H2O/c1-10-21(7)38-33-26(12-3)31-32(39-35(37-13-4)40-34(31)41(14-5)15-6)22(8)29(33)27-19-24(43-20-42-9)18-23-16-17-28(36)25(11-2)30(23)27;1-3-4-2;/h12,16-19,21H,10-11,13-15,20H2,1-9H3,(H,37,39,40);3-4H2,1-2H3;1H2/b26-12-,38-33?;;. The molecular weight excluding hydrogens is 605 g/mol. The molecular formula is C39H58FN5O3. The molecule has 1 aliphatic rings. The van der Waals surface area contributed by atoms with Gasteiger partial charge in [-0.05, 0) is 100 Å². The van der Waals surface area contributed by atoms with E-state index in [0.717, 1.165) is 75.4 Å². The Kier molecular flexibility index (Phi) is 16.2. The van der Waals surface area contributed by atoms with Crippen LogP contribution in [0.25, 0.3) is 27.5 Å². The molecule has 3 N–H and O–H groups in total. The topological polar surface area (TPSA) is 103 Å². The van der Waals surface area contributed by atoms with E-state index in [1.54, 1.807) is 13.2 Å². The van der Waals surface area contributed by atoms with Crippen LogP contribution in [-0.2, 0) is 11.2 Å². The summed E-state index contributed by atoms with van der Waals surface area (Å²) in [6.45, 7) is 23.5. The van der Waals surface area contributed by atoms with Gasteiger partial charge in [-0.1, -0.05) is 52.7 Å². The number of aromatic nitrogens is 2. The Morgan fingerprint density at radius 1 is 1.02 bits per heavy atom. The van der Waals surface area contributed by atoms with Crippen molar-refractivity contribution in [3.05, 3.63) is 58.5 Å². The fourth-order valence-electron chi connectivity index (χ4n) is 5.80. The Hall–Kier alpha value is -3.82. The van der Waals surface area contributed by atoms with Crippen molar-refractivity contribution in [1.29, 1.82) is 0 Å². The van der Waals surface area contributed by atoms with E-state index in [9.17, 15) is 0 Å². The van der Waals surface area contributed by atoms with Crippen molar-refractivity contribution in [2.45, 2.75) is 101 Å².